The summed E-state index contributed by atoms with van der Waals surface area (Å²) in [6.07, 6.45) is 4.16. The fourth-order valence-electron chi connectivity index (χ4n) is 1.68. The van der Waals surface area contributed by atoms with E-state index in [2.05, 4.69) is 18.7 Å². The Morgan fingerprint density at radius 2 is 1.71 bits per heavy atom. The van der Waals surface area contributed by atoms with Gasteiger partial charge in [0.15, 0.2) is 0 Å². The van der Waals surface area contributed by atoms with Gasteiger partial charge >= 0.3 is 0 Å². The summed E-state index contributed by atoms with van der Waals surface area (Å²) in [5.74, 6) is 0. The fraction of sp³-hybridized carbons (Fsp3) is 1.00. The highest BCUT2D eigenvalue weighted by atomic mass is 16.5. The zero-order valence-corrected chi connectivity index (χ0v) is 10.4. The Kier molecular flexibility index (Phi) is 9.42. The van der Waals surface area contributed by atoms with Crippen molar-refractivity contribution in [2.24, 2.45) is 0 Å². The first-order valence-corrected chi connectivity index (χ1v) is 6.20. The van der Waals surface area contributed by atoms with E-state index in [1.54, 1.807) is 0 Å². The van der Waals surface area contributed by atoms with Crippen LogP contribution in [0, 0.1) is 0 Å². The summed E-state index contributed by atoms with van der Waals surface area (Å²) in [6, 6.07) is 0. The van der Waals surface area contributed by atoms with E-state index < -0.39 is 0 Å². The summed E-state index contributed by atoms with van der Waals surface area (Å²) >= 11 is 0. The molecular weight excluding hydrogens is 174 g/mol. The molecule has 2 nitrogen and oxygen atoms in total. The van der Waals surface area contributed by atoms with Gasteiger partial charge in [0.2, 0.25) is 0 Å². The SMILES string of the molecule is CC.CCCOC1CCN(CC)CC1. The first-order chi connectivity index (χ1) is 6.86. The lowest BCUT2D eigenvalue weighted by Crippen LogP contribution is -2.36. The van der Waals surface area contributed by atoms with E-state index in [1.165, 1.54) is 32.5 Å². The minimum absolute atomic E-state index is 0.549. The van der Waals surface area contributed by atoms with Crippen LogP contribution in [0.5, 0.6) is 0 Å². The van der Waals surface area contributed by atoms with Crippen molar-refractivity contribution in [1.82, 2.24) is 4.90 Å². The number of hydrogen-bond acceptors (Lipinski definition) is 2. The number of nitrogens with zero attached hydrogens (tertiary/aromatic N) is 1. The largest absolute Gasteiger partial charge is 0.378 e. The Balaban J connectivity index is 0.000000791. The van der Waals surface area contributed by atoms with Crippen molar-refractivity contribution in [2.75, 3.05) is 26.2 Å². The number of rotatable bonds is 4. The van der Waals surface area contributed by atoms with E-state index in [-0.39, 0.29) is 0 Å². The second-order valence-corrected chi connectivity index (χ2v) is 3.50. The molecular formula is C12H27NO. The van der Waals surface area contributed by atoms with Crippen molar-refractivity contribution in [3.8, 4) is 0 Å². The van der Waals surface area contributed by atoms with Crippen LogP contribution in [-0.4, -0.2) is 37.2 Å². The topological polar surface area (TPSA) is 12.5 Å². The molecule has 14 heavy (non-hydrogen) atoms. The molecule has 0 aromatic rings. The van der Waals surface area contributed by atoms with Crippen molar-refractivity contribution in [1.29, 1.82) is 0 Å². The summed E-state index contributed by atoms with van der Waals surface area (Å²) in [6.45, 7) is 13.0. The monoisotopic (exact) mass is 201 g/mol. The van der Waals surface area contributed by atoms with Crippen LogP contribution in [0.4, 0.5) is 0 Å². The molecule has 86 valence electrons. The predicted octanol–water partition coefficient (Wildman–Crippen LogP) is 2.92. The first kappa shape index (κ1) is 13.9. The van der Waals surface area contributed by atoms with Crippen molar-refractivity contribution >= 4 is 0 Å². The van der Waals surface area contributed by atoms with Crippen molar-refractivity contribution in [3.05, 3.63) is 0 Å². The minimum atomic E-state index is 0.549. The number of hydrogen-bond donors (Lipinski definition) is 0. The van der Waals surface area contributed by atoms with Gasteiger partial charge in [0, 0.05) is 19.7 Å². The summed E-state index contributed by atoms with van der Waals surface area (Å²) < 4.78 is 5.70. The Bertz CT molecular complexity index is 109. The lowest BCUT2D eigenvalue weighted by Gasteiger charge is -2.30. The zero-order valence-electron chi connectivity index (χ0n) is 10.4. The molecule has 2 heteroatoms. The van der Waals surface area contributed by atoms with Crippen LogP contribution in [-0.2, 0) is 4.74 Å². The second kappa shape index (κ2) is 9.47. The molecule has 1 heterocycles. The van der Waals surface area contributed by atoms with Crippen molar-refractivity contribution < 1.29 is 4.74 Å². The Morgan fingerprint density at radius 3 is 2.14 bits per heavy atom. The second-order valence-electron chi connectivity index (χ2n) is 3.50. The van der Waals surface area contributed by atoms with E-state index in [9.17, 15) is 0 Å². The molecule has 0 saturated carbocycles. The van der Waals surface area contributed by atoms with Crippen LogP contribution in [0.2, 0.25) is 0 Å². The molecule has 0 atom stereocenters. The third-order valence-corrected chi connectivity index (χ3v) is 2.54. The Hall–Kier alpha value is -0.0800. The molecule has 0 unspecified atom stereocenters. The van der Waals surface area contributed by atoms with Crippen LogP contribution in [0.15, 0.2) is 0 Å². The summed E-state index contributed by atoms with van der Waals surface area (Å²) in [5, 5.41) is 0. The molecule has 0 aliphatic carbocycles. The maximum Gasteiger partial charge on any atom is 0.0599 e. The van der Waals surface area contributed by atoms with Crippen molar-refractivity contribution in [3.63, 3.8) is 0 Å². The maximum atomic E-state index is 5.70. The average Bonchev–Trinajstić information content (AvgIpc) is 2.30. The molecule has 0 aromatic heterocycles. The van der Waals surface area contributed by atoms with Gasteiger partial charge in [-0.1, -0.05) is 27.7 Å². The van der Waals surface area contributed by atoms with Crippen LogP contribution < -0.4 is 0 Å². The van der Waals surface area contributed by atoms with Gasteiger partial charge in [0.25, 0.3) is 0 Å². The smallest absolute Gasteiger partial charge is 0.0599 e. The van der Waals surface area contributed by atoms with Crippen LogP contribution >= 0.6 is 0 Å². The minimum Gasteiger partial charge on any atom is -0.378 e. The van der Waals surface area contributed by atoms with E-state index in [4.69, 9.17) is 4.74 Å². The van der Waals surface area contributed by atoms with Gasteiger partial charge in [-0.2, -0.15) is 0 Å². The standard InChI is InChI=1S/C10H21NO.C2H6/c1-3-9-12-10-5-7-11(4-2)8-6-10;1-2/h10H,3-9H2,1-2H3;1-2H3. The van der Waals surface area contributed by atoms with Crippen LogP contribution in [0.1, 0.15) is 47.0 Å². The predicted molar refractivity (Wildman–Crippen MR) is 62.7 cm³/mol. The van der Waals surface area contributed by atoms with Gasteiger partial charge < -0.3 is 9.64 Å². The molecule has 0 aromatic carbocycles. The quantitative estimate of drug-likeness (QED) is 0.693. The molecule has 0 spiro atoms. The third kappa shape index (κ3) is 5.61. The Morgan fingerprint density at radius 1 is 1.14 bits per heavy atom. The molecule has 1 aliphatic heterocycles. The average molecular weight is 201 g/mol. The van der Waals surface area contributed by atoms with E-state index in [0.29, 0.717) is 6.10 Å². The highest BCUT2D eigenvalue weighted by molar-refractivity contribution is 4.71. The number of likely N-dealkylation sites (tertiary alicyclic amines) is 1. The molecule has 0 bridgehead atoms. The molecule has 0 amide bonds. The van der Waals surface area contributed by atoms with Crippen LogP contribution in [0.3, 0.4) is 0 Å². The van der Waals surface area contributed by atoms with E-state index in [0.717, 1.165) is 13.0 Å². The number of piperidine rings is 1. The lowest BCUT2D eigenvalue weighted by atomic mass is 10.1. The summed E-state index contributed by atoms with van der Waals surface area (Å²) in [4.78, 5) is 2.49. The van der Waals surface area contributed by atoms with E-state index in [1.807, 2.05) is 13.8 Å². The van der Waals surface area contributed by atoms with Gasteiger partial charge in [-0.3, -0.25) is 0 Å². The normalized spacial score (nSPS) is 18.9. The van der Waals surface area contributed by atoms with Crippen molar-refractivity contribution in [2.45, 2.75) is 53.1 Å². The van der Waals surface area contributed by atoms with E-state index >= 15 is 0 Å². The highest BCUT2D eigenvalue weighted by Gasteiger charge is 2.17. The summed E-state index contributed by atoms with van der Waals surface area (Å²) in [7, 11) is 0. The first-order valence-electron chi connectivity index (χ1n) is 6.20. The highest BCUT2D eigenvalue weighted by Crippen LogP contribution is 2.13. The van der Waals surface area contributed by atoms with Gasteiger partial charge in [-0.25, -0.2) is 0 Å². The third-order valence-electron chi connectivity index (χ3n) is 2.54. The van der Waals surface area contributed by atoms with Gasteiger partial charge in [0.05, 0.1) is 6.10 Å². The molecule has 1 fully saturated rings. The Labute approximate surface area is 89.6 Å². The van der Waals surface area contributed by atoms with Gasteiger partial charge in [-0.15, -0.1) is 0 Å². The fourth-order valence-corrected chi connectivity index (χ4v) is 1.68. The molecule has 1 aliphatic rings. The van der Waals surface area contributed by atoms with Crippen LogP contribution in [0.25, 0.3) is 0 Å². The van der Waals surface area contributed by atoms with Gasteiger partial charge in [0.1, 0.15) is 0 Å². The molecule has 1 saturated heterocycles. The maximum absolute atomic E-state index is 5.70. The number of ether oxygens (including phenoxy) is 1. The van der Waals surface area contributed by atoms with Gasteiger partial charge in [-0.05, 0) is 25.8 Å². The summed E-state index contributed by atoms with van der Waals surface area (Å²) in [5.41, 5.74) is 0. The molecule has 0 N–H and O–H groups in total. The molecule has 1 rings (SSSR count). The zero-order chi connectivity index (χ0) is 10.8. The lowest BCUT2D eigenvalue weighted by molar-refractivity contribution is 0.00900. The molecule has 0 radical (unpaired) electrons.